The maximum atomic E-state index is 10.8. The zero-order valence-electron chi connectivity index (χ0n) is 10.5. The number of nitrogens with one attached hydrogen (secondary N) is 1. The lowest BCUT2D eigenvalue weighted by Crippen LogP contribution is -2.44. The third-order valence-electron chi connectivity index (χ3n) is 4.28. The highest BCUT2D eigenvalue weighted by atomic mass is 16.3. The Balaban J connectivity index is 1.84. The predicted octanol–water partition coefficient (Wildman–Crippen LogP) is 1.79. The molecule has 94 valence electrons. The van der Waals surface area contributed by atoms with E-state index in [2.05, 4.69) is 17.2 Å². The molecular weight excluding hydrogens is 222 g/mol. The first-order valence-electron chi connectivity index (χ1n) is 6.79. The fourth-order valence-corrected chi connectivity index (χ4v) is 3.27. The van der Waals surface area contributed by atoms with Crippen molar-refractivity contribution in [2.45, 2.75) is 24.9 Å². The summed E-state index contributed by atoms with van der Waals surface area (Å²) in [5.41, 5.74) is 0.196. The van der Waals surface area contributed by atoms with E-state index in [1.54, 1.807) is 0 Å². The van der Waals surface area contributed by atoms with Crippen LogP contribution in [0.25, 0.3) is 0 Å². The van der Waals surface area contributed by atoms with Crippen LogP contribution >= 0.6 is 0 Å². The van der Waals surface area contributed by atoms with Gasteiger partial charge in [-0.05, 0) is 43.9 Å². The van der Waals surface area contributed by atoms with Crippen molar-refractivity contribution >= 4 is 0 Å². The van der Waals surface area contributed by atoms with Gasteiger partial charge in [0.05, 0.1) is 0 Å². The third kappa shape index (κ3) is 2.16. The molecule has 2 heteroatoms. The van der Waals surface area contributed by atoms with Crippen molar-refractivity contribution in [2.75, 3.05) is 13.1 Å². The summed E-state index contributed by atoms with van der Waals surface area (Å²) in [6.07, 6.45) is 3.13. The van der Waals surface area contributed by atoms with Crippen molar-refractivity contribution in [3.63, 3.8) is 0 Å². The molecule has 0 spiro atoms. The molecule has 2 fully saturated rings. The highest BCUT2D eigenvalue weighted by molar-refractivity contribution is 5.36. The Hall–Kier alpha value is -1.30. The first-order chi connectivity index (χ1) is 8.78. The highest BCUT2D eigenvalue weighted by Crippen LogP contribution is 2.39. The molecule has 0 amide bonds. The Kier molecular flexibility index (Phi) is 3.11. The van der Waals surface area contributed by atoms with Gasteiger partial charge in [-0.25, -0.2) is 0 Å². The monoisotopic (exact) mass is 241 g/mol. The van der Waals surface area contributed by atoms with Crippen LogP contribution in [0.5, 0.6) is 0 Å². The Labute approximate surface area is 108 Å². The second kappa shape index (κ2) is 4.76. The van der Waals surface area contributed by atoms with Crippen LogP contribution in [0.3, 0.4) is 0 Å². The van der Waals surface area contributed by atoms with Gasteiger partial charge in [-0.2, -0.15) is 0 Å². The number of hydrogen-bond acceptors (Lipinski definition) is 2. The van der Waals surface area contributed by atoms with Crippen LogP contribution in [0, 0.1) is 23.7 Å². The minimum absolute atomic E-state index is 0.308. The van der Waals surface area contributed by atoms with Crippen LogP contribution in [-0.4, -0.2) is 23.8 Å². The van der Waals surface area contributed by atoms with Crippen LogP contribution in [-0.2, 0) is 0 Å². The third-order valence-corrected chi connectivity index (χ3v) is 4.28. The highest BCUT2D eigenvalue weighted by Gasteiger charge is 2.45. The van der Waals surface area contributed by atoms with E-state index in [1.165, 1.54) is 6.42 Å². The van der Waals surface area contributed by atoms with E-state index in [4.69, 9.17) is 0 Å². The molecule has 3 atom stereocenters. The lowest BCUT2D eigenvalue weighted by molar-refractivity contribution is -0.00658. The van der Waals surface area contributed by atoms with Gasteiger partial charge in [-0.1, -0.05) is 30.0 Å². The second-order valence-corrected chi connectivity index (χ2v) is 5.46. The summed E-state index contributed by atoms with van der Waals surface area (Å²) >= 11 is 0. The smallest absolute Gasteiger partial charge is 0.130 e. The molecule has 1 aliphatic carbocycles. The van der Waals surface area contributed by atoms with E-state index in [9.17, 15) is 5.11 Å². The standard InChI is InChI=1S/C16H19NO/c18-16(10-8-13-5-2-1-3-6-13)9-4-7-14-11-17-12-15(14)16/h1-3,5-6,14-15,17-18H,4,7,9,11-12H2. The lowest BCUT2D eigenvalue weighted by Gasteiger charge is -2.37. The quantitative estimate of drug-likeness (QED) is 0.679. The molecule has 1 heterocycles. The van der Waals surface area contributed by atoms with E-state index in [1.807, 2.05) is 30.3 Å². The average molecular weight is 241 g/mol. The normalized spacial score (nSPS) is 34.5. The number of fused-ring (bicyclic) bond motifs is 1. The molecule has 1 aromatic rings. The Morgan fingerprint density at radius 2 is 2.06 bits per heavy atom. The van der Waals surface area contributed by atoms with Crippen LogP contribution in [0.15, 0.2) is 30.3 Å². The number of rotatable bonds is 0. The minimum atomic E-state index is -0.789. The number of aliphatic hydroxyl groups is 1. The van der Waals surface area contributed by atoms with Crippen molar-refractivity contribution in [1.29, 1.82) is 0 Å². The van der Waals surface area contributed by atoms with Crippen molar-refractivity contribution in [2.24, 2.45) is 11.8 Å². The summed E-state index contributed by atoms with van der Waals surface area (Å²) in [6, 6.07) is 9.92. The molecular formula is C16H19NO. The fraction of sp³-hybridized carbons (Fsp3) is 0.500. The second-order valence-electron chi connectivity index (χ2n) is 5.46. The van der Waals surface area contributed by atoms with Crippen molar-refractivity contribution in [3.05, 3.63) is 35.9 Å². The van der Waals surface area contributed by atoms with Gasteiger partial charge in [-0.3, -0.25) is 0 Å². The number of benzene rings is 1. The molecule has 2 nitrogen and oxygen atoms in total. The molecule has 3 rings (SSSR count). The van der Waals surface area contributed by atoms with Gasteiger partial charge in [0.1, 0.15) is 5.60 Å². The summed E-state index contributed by atoms with van der Waals surface area (Å²) < 4.78 is 0. The number of hydrogen-bond donors (Lipinski definition) is 2. The summed E-state index contributed by atoms with van der Waals surface area (Å²) in [5.74, 6) is 7.20. The van der Waals surface area contributed by atoms with Crippen LogP contribution < -0.4 is 5.32 Å². The summed E-state index contributed by atoms with van der Waals surface area (Å²) in [7, 11) is 0. The van der Waals surface area contributed by atoms with E-state index < -0.39 is 5.60 Å². The van der Waals surface area contributed by atoms with Gasteiger partial charge in [0, 0.05) is 18.0 Å². The molecule has 18 heavy (non-hydrogen) atoms. The summed E-state index contributed by atoms with van der Waals surface area (Å²) in [4.78, 5) is 0. The molecule has 0 bridgehead atoms. The first kappa shape index (κ1) is 11.8. The van der Waals surface area contributed by atoms with Crippen LogP contribution in [0.1, 0.15) is 24.8 Å². The van der Waals surface area contributed by atoms with Gasteiger partial charge in [0.2, 0.25) is 0 Å². The van der Waals surface area contributed by atoms with Gasteiger partial charge >= 0.3 is 0 Å². The van der Waals surface area contributed by atoms with Crippen molar-refractivity contribution in [1.82, 2.24) is 5.32 Å². The maximum Gasteiger partial charge on any atom is 0.130 e. The van der Waals surface area contributed by atoms with E-state index in [-0.39, 0.29) is 0 Å². The average Bonchev–Trinajstić information content (AvgIpc) is 2.88. The summed E-state index contributed by atoms with van der Waals surface area (Å²) in [5, 5.41) is 14.2. The SMILES string of the molecule is OC1(C#Cc2ccccc2)CCCC2CNCC21. The summed E-state index contributed by atoms with van der Waals surface area (Å²) in [6.45, 7) is 1.95. The Morgan fingerprint density at radius 3 is 2.89 bits per heavy atom. The van der Waals surface area contributed by atoms with Crippen molar-refractivity contribution < 1.29 is 5.11 Å². The Morgan fingerprint density at radius 1 is 1.22 bits per heavy atom. The maximum absolute atomic E-state index is 10.8. The Bertz CT molecular complexity index is 473. The topological polar surface area (TPSA) is 32.3 Å². The van der Waals surface area contributed by atoms with Crippen LogP contribution in [0.4, 0.5) is 0 Å². The van der Waals surface area contributed by atoms with Gasteiger partial charge in [0.15, 0.2) is 0 Å². The van der Waals surface area contributed by atoms with E-state index in [0.717, 1.165) is 31.5 Å². The van der Waals surface area contributed by atoms with E-state index in [0.29, 0.717) is 11.8 Å². The van der Waals surface area contributed by atoms with Crippen molar-refractivity contribution in [3.8, 4) is 11.8 Å². The molecule has 2 aliphatic rings. The molecule has 1 aliphatic heterocycles. The molecule has 3 unspecified atom stereocenters. The molecule has 1 aromatic carbocycles. The van der Waals surface area contributed by atoms with Gasteiger partial charge in [0.25, 0.3) is 0 Å². The minimum Gasteiger partial charge on any atom is -0.377 e. The zero-order valence-corrected chi connectivity index (χ0v) is 10.5. The molecule has 1 saturated carbocycles. The first-order valence-corrected chi connectivity index (χ1v) is 6.79. The van der Waals surface area contributed by atoms with E-state index >= 15 is 0 Å². The zero-order chi connectivity index (χ0) is 12.4. The predicted molar refractivity (Wildman–Crippen MR) is 72.0 cm³/mol. The van der Waals surface area contributed by atoms with Gasteiger partial charge in [-0.15, -0.1) is 0 Å². The largest absolute Gasteiger partial charge is 0.377 e. The van der Waals surface area contributed by atoms with Gasteiger partial charge < -0.3 is 10.4 Å². The molecule has 1 saturated heterocycles. The fourth-order valence-electron chi connectivity index (χ4n) is 3.27. The lowest BCUT2D eigenvalue weighted by atomic mass is 9.71. The molecule has 0 radical (unpaired) electrons. The van der Waals surface area contributed by atoms with Crippen LogP contribution in [0.2, 0.25) is 0 Å². The molecule has 0 aromatic heterocycles. The molecule has 2 N–H and O–H groups in total.